The molecule has 0 radical (unpaired) electrons. The molecule has 58 valence electrons. The fourth-order valence-electron chi connectivity index (χ4n) is 0.898. The van der Waals surface area contributed by atoms with Gasteiger partial charge in [-0.05, 0) is 18.1 Å². The third kappa shape index (κ3) is 1.77. The van der Waals surface area contributed by atoms with Gasteiger partial charge in [0.1, 0.15) is 5.75 Å². The van der Waals surface area contributed by atoms with Crippen molar-refractivity contribution in [2.24, 2.45) is 0 Å². The van der Waals surface area contributed by atoms with Crippen LogP contribution in [-0.4, -0.2) is 5.11 Å². The number of phenolic OH excluding ortho intramolecular Hbond substituents is 1. The van der Waals surface area contributed by atoms with Gasteiger partial charge in [-0.15, -0.1) is 19.2 Å². The molecule has 0 amide bonds. The lowest BCUT2D eigenvalue weighted by molar-refractivity contribution is 0.457. The van der Waals surface area contributed by atoms with Crippen molar-refractivity contribution in [1.82, 2.24) is 0 Å². The Balaban J connectivity index is 3.05. The molecule has 0 unspecified atom stereocenters. The summed E-state index contributed by atoms with van der Waals surface area (Å²) in [6, 6.07) is 5.47. The highest BCUT2D eigenvalue weighted by molar-refractivity contribution is 7.80. The Morgan fingerprint density at radius 2 is 2.27 bits per heavy atom. The van der Waals surface area contributed by atoms with E-state index in [0.717, 1.165) is 5.56 Å². The smallest absolute Gasteiger partial charge is 0.132 e. The predicted molar refractivity (Wildman–Crippen MR) is 49.3 cm³/mol. The van der Waals surface area contributed by atoms with Gasteiger partial charge in [-0.1, -0.05) is 18.2 Å². The van der Waals surface area contributed by atoms with Crippen molar-refractivity contribution < 1.29 is 5.11 Å². The molecule has 0 spiro atoms. The first-order chi connectivity index (χ1) is 5.25. The monoisotopic (exact) mass is 166 g/mol. The molecular weight excluding hydrogens is 156 g/mol. The van der Waals surface area contributed by atoms with E-state index in [-0.39, 0.29) is 5.75 Å². The molecule has 0 atom stereocenters. The second-order valence-electron chi connectivity index (χ2n) is 2.28. The van der Waals surface area contributed by atoms with Crippen LogP contribution in [0, 0.1) is 0 Å². The summed E-state index contributed by atoms with van der Waals surface area (Å²) < 4.78 is 0. The lowest BCUT2D eigenvalue weighted by Crippen LogP contribution is -1.82. The summed E-state index contributed by atoms with van der Waals surface area (Å²) in [4.78, 5) is 0.615. The third-order valence-electron chi connectivity index (χ3n) is 1.46. The molecule has 0 aliphatic rings. The van der Waals surface area contributed by atoms with Crippen molar-refractivity contribution in [2.75, 3.05) is 0 Å². The number of thiol groups is 1. The van der Waals surface area contributed by atoms with Gasteiger partial charge < -0.3 is 5.11 Å². The van der Waals surface area contributed by atoms with E-state index >= 15 is 0 Å². The quantitative estimate of drug-likeness (QED) is 0.510. The SMILES string of the molecule is C=CCc1cccc(S)c1O. The van der Waals surface area contributed by atoms with Crippen molar-refractivity contribution in [3.05, 3.63) is 36.4 Å². The molecule has 0 aliphatic heterocycles. The standard InChI is InChI=1S/C9H10OS/c1-2-4-7-5-3-6-8(11)9(7)10/h2-3,5-6,10-11H,1,4H2. The summed E-state index contributed by atoms with van der Waals surface area (Å²) in [5, 5.41) is 9.40. The van der Waals surface area contributed by atoms with Crippen LogP contribution in [0.4, 0.5) is 0 Å². The highest BCUT2D eigenvalue weighted by Crippen LogP contribution is 2.25. The molecule has 0 saturated heterocycles. The largest absolute Gasteiger partial charge is 0.506 e. The van der Waals surface area contributed by atoms with Crippen LogP contribution >= 0.6 is 12.6 Å². The Labute approximate surface area is 71.8 Å². The number of hydrogen-bond acceptors (Lipinski definition) is 2. The van der Waals surface area contributed by atoms with E-state index in [2.05, 4.69) is 19.2 Å². The Kier molecular flexibility index (Phi) is 2.60. The summed E-state index contributed by atoms with van der Waals surface area (Å²) in [6.07, 6.45) is 2.43. The third-order valence-corrected chi connectivity index (χ3v) is 1.82. The number of benzene rings is 1. The molecule has 1 nitrogen and oxygen atoms in total. The Bertz CT molecular complexity index is 268. The molecular formula is C9H10OS. The van der Waals surface area contributed by atoms with Crippen LogP contribution in [0.1, 0.15) is 5.56 Å². The molecule has 0 saturated carbocycles. The van der Waals surface area contributed by atoms with Gasteiger partial charge in [-0.3, -0.25) is 0 Å². The van der Waals surface area contributed by atoms with Crippen molar-refractivity contribution >= 4 is 12.6 Å². The lowest BCUT2D eigenvalue weighted by atomic mass is 10.1. The van der Waals surface area contributed by atoms with Crippen LogP contribution in [0.25, 0.3) is 0 Å². The van der Waals surface area contributed by atoms with E-state index in [0.29, 0.717) is 11.3 Å². The number of hydrogen-bond donors (Lipinski definition) is 2. The summed E-state index contributed by atoms with van der Waals surface area (Å²) in [5.74, 6) is 0.260. The van der Waals surface area contributed by atoms with Crippen molar-refractivity contribution in [3.8, 4) is 5.75 Å². The van der Waals surface area contributed by atoms with Gasteiger partial charge >= 0.3 is 0 Å². The molecule has 0 bridgehead atoms. The van der Waals surface area contributed by atoms with Gasteiger partial charge in [0.15, 0.2) is 0 Å². The lowest BCUT2D eigenvalue weighted by Gasteiger charge is -2.02. The van der Waals surface area contributed by atoms with Gasteiger partial charge in [0.05, 0.1) is 0 Å². The van der Waals surface area contributed by atoms with Crippen LogP contribution < -0.4 is 0 Å². The van der Waals surface area contributed by atoms with Crippen LogP contribution in [0.2, 0.25) is 0 Å². The number of rotatable bonds is 2. The van der Waals surface area contributed by atoms with Gasteiger partial charge in [0.25, 0.3) is 0 Å². The molecule has 0 aliphatic carbocycles. The zero-order chi connectivity index (χ0) is 8.27. The maximum atomic E-state index is 9.40. The summed E-state index contributed by atoms with van der Waals surface area (Å²) >= 11 is 4.08. The maximum Gasteiger partial charge on any atom is 0.132 e. The Morgan fingerprint density at radius 1 is 1.55 bits per heavy atom. The van der Waals surface area contributed by atoms with Gasteiger partial charge in [-0.25, -0.2) is 0 Å². The molecule has 1 rings (SSSR count). The Hall–Kier alpha value is -0.890. The topological polar surface area (TPSA) is 20.2 Å². The second-order valence-corrected chi connectivity index (χ2v) is 2.76. The minimum absolute atomic E-state index is 0.260. The predicted octanol–water partition coefficient (Wildman–Crippen LogP) is 2.41. The molecule has 0 heterocycles. The minimum Gasteiger partial charge on any atom is -0.506 e. The zero-order valence-corrected chi connectivity index (χ0v) is 7.01. The average molecular weight is 166 g/mol. The van der Waals surface area contributed by atoms with Crippen LogP contribution in [0.5, 0.6) is 5.75 Å². The van der Waals surface area contributed by atoms with E-state index in [1.165, 1.54) is 0 Å². The normalized spacial score (nSPS) is 9.55. The molecule has 11 heavy (non-hydrogen) atoms. The van der Waals surface area contributed by atoms with Crippen LogP contribution in [0.3, 0.4) is 0 Å². The number of para-hydroxylation sites is 1. The van der Waals surface area contributed by atoms with E-state index in [1.807, 2.05) is 12.1 Å². The minimum atomic E-state index is 0.260. The molecule has 0 aromatic heterocycles. The molecule has 1 aromatic carbocycles. The second kappa shape index (κ2) is 3.49. The summed E-state index contributed by atoms with van der Waals surface area (Å²) in [5.41, 5.74) is 0.868. The highest BCUT2D eigenvalue weighted by Gasteiger charge is 2.00. The molecule has 2 heteroatoms. The van der Waals surface area contributed by atoms with Crippen molar-refractivity contribution in [2.45, 2.75) is 11.3 Å². The summed E-state index contributed by atoms with van der Waals surface area (Å²) in [7, 11) is 0. The first kappa shape index (κ1) is 8.21. The highest BCUT2D eigenvalue weighted by atomic mass is 32.1. The van der Waals surface area contributed by atoms with Crippen LogP contribution in [0.15, 0.2) is 35.7 Å². The number of allylic oxidation sites excluding steroid dienone is 1. The maximum absolute atomic E-state index is 9.40. The Morgan fingerprint density at radius 3 is 2.91 bits per heavy atom. The van der Waals surface area contributed by atoms with Gasteiger partial charge in [0, 0.05) is 4.90 Å². The molecule has 1 aromatic rings. The molecule has 1 N–H and O–H groups in total. The van der Waals surface area contributed by atoms with Gasteiger partial charge in [-0.2, -0.15) is 0 Å². The zero-order valence-electron chi connectivity index (χ0n) is 6.12. The van der Waals surface area contributed by atoms with Crippen molar-refractivity contribution in [1.29, 1.82) is 0 Å². The number of aromatic hydroxyl groups is 1. The van der Waals surface area contributed by atoms with Crippen molar-refractivity contribution in [3.63, 3.8) is 0 Å². The van der Waals surface area contributed by atoms with Gasteiger partial charge in [0.2, 0.25) is 0 Å². The first-order valence-corrected chi connectivity index (χ1v) is 3.81. The average Bonchev–Trinajstić information content (AvgIpc) is 1.99. The van der Waals surface area contributed by atoms with E-state index < -0.39 is 0 Å². The van der Waals surface area contributed by atoms with E-state index in [1.54, 1.807) is 12.1 Å². The van der Waals surface area contributed by atoms with Crippen LogP contribution in [-0.2, 0) is 6.42 Å². The number of phenols is 1. The summed E-state index contributed by atoms with van der Waals surface area (Å²) in [6.45, 7) is 3.59. The fourth-order valence-corrected chi connectivity index (χ4v) is 1.13. The van der Waals surface area contributed by atoms with E-state index in [4.69, 9.17) is 0 Å². The van der Waals surface area contributed by atoms with E-state index in [9.17, 15) is 5.11 Å². The first-order valence-electron chi connectivity index (χ1n) is 3.36. The molecule has 0 fully saturated rings. The fraction of sp³-hybridized carbons (Fsp3) is 0.111.